The molecule has 1 aromatic rings. The van der Waals surface area contributed by atoms with Crippen molar-refractivity contribution < 1.29 is 0 Å². The number of H-pyrrole nitrogens is 1. The molecule has 1 N–H and O–H groups in total. The molecule has 0 aromatic carbocycles. The van der Waals surface area contributed by atoms with Gasteiger partial charge >= 0.3 is 0 Å². The maximum Gasteiger partial charge on any atom is 0.0394 e. The maximum absolute atomic E-state index is 3.44. The lowest BCUT2D eigenvalue weighted by molar-refractivity contribution is 0.0510. The normalized spacial score (nSPS) is 25.6. The summed E-state index contributed by atoms with van der Waals surface area (Å²) >= 11 is 0. The Morgan fingerprint density at radius 3 is 2.59 bits per heavy atom. The topological polar surface area (TPSA) is 19.0 Å². The van der Waals surface area contributed by atoms with Gasteiger partial charge in [0.05, 0.1) is 0 Å². The lowest BCUT2D eigenvalue weighted by Crippen LogP contribution is -2.48. The van der Waals surface area contributed by atoms with Gasteiger partial charge in [0.1, 0.15) is 0 Å². The Morgan fingerprint density at radius 1 is 1.35 bits per heavy atom. The quantitative estimate of drug-likeness (QED) is 0.843. The molecule has 2 nitrogen and oxygen atoms in total. The molecule has 0 saturated carbocycles. The minimum absolute atomic E-state index is 0.579. The van der Waals surface area contributed by atoms with Crippen LogP contribution in [0.15, 0.2) is 12.3 Å². The smallest absolute Gasteiger partial charge is 0.0394 e. The van der Waals surface area contributed by atoms with Crippen LogP contribution in [0.5, 0.6) is 0 Å². The van der Waals surface area contributed by atoms with Crippen LogP contribution in [0.3, 0.4) is 0 Å². The van der Waals surface area contributed by atoms with E-state index in [4.69, 9.17) is 0 Å². The van der Waals surface area contributed by atoms with Gasteiger partial charge in [0.2, 0.25) is 0 Å². The monoisotopic (exact) mass is 234 g/mol. The summed E-state index contributed by atoms with van der Waals surface area (Å²) < 4.78 is 0. The summed E-state index contributed by atoms with van der Waals surface area (Å²) in [4.78, 5) is 6.16. The van der Waals surface area contributed by atoms with Crippen molar-refractivity contribution >= 4 is 0 Å². The number of aromatic amines is 1. The van der Waals surface area contributed by atoms with E-state index in [9.17, 15) is 0 Å². The van der Waals surface area contributed by atoms with Gasteiger partial charge in [-0.15, -0.1) is 0 Å². The highest BCUT2D eigenvalue weighted by molar-refractivity contribution is 5.29. The lowest BCUT2D eigenvalue weighted by Gasteiger charge is -2.46. The third-order valence-electron chi connectivity index (χ3n) is 4.07. The first-order valence-corrected chi connectivity index (χ1v) is 6.99. The average Bonchev–Trinajstić information content (AvgIpc) is 2.73. The molecule has 2 atom stereocenters. The standard InChI is InChI=1S/C15H26N2/c1-6-12-9-14-13(7-8-16-14)15(10(2)3)17(12)11(4)5/h7-8,10-12,15-16H,6,9H2,1-5H3. The van der Waals surface area contributed by atoms with Crippen molar-refractivity contribution in [2.45, 2.75) is 65.6 Å². The Hall–Kier alpha value is -0.760. The van der Waals surface area contributed by atoms with E-state index in [-0.39, 0.29) is 0 Å². The van der Waals surface area contributed by atoms with Crippen LogP contribution in [0, 0.1) is 5.92 Å². The average molecular weight is 234 g/mol. The van der Waals surface area contributed by atoms with E-state index in [0.717, 1.165) is 0 Å². The SMILES string of the molecule is CCC1Cc2[nH]ccc2C(C(C)C)N1C(C)C. The fourth-order valence-electron chi connectivity index (χ4n) is 3.40. The maximum atomic E-state index is 3.44. The first-order valence-electron chi connectivity index (χ1n) is 6.99. The van der Waals surface area contributed by atoms with Crippen LogP contribution in [0.1, 0.15) is 58.3 Å². The van der Waals surface area contributed by atoms with Gasteiger partial charge in [-0.2, -0.15) is 0 Å². The van der Waals surface area contributed by atoms with Crippen molar-refractivity contribution in [3.8, 4) is 0 Å². The lowest BCUT2D eigenvalue weighted by atomic mass is 9.85. The van der Waals surface area contributed by atoms with E-state index in [1.165, 1.54) is 24.1 Å². The summed E-state index contributed by atoms with van der Waals surface area (Å²) in [5.74, 6) is 0.668. The zero-order valence-electron chi connectivity index (χ0n) is 11.8. The van der Waals surface area contributed by atoms with Crippen molar-refractivity contribution in [2.75, 3.05) is 0 Å². The fraction of sp³-hybridized carbons (Fsp3) is 0.733. The molecule has 2 heteroatoms. The summed E-state index contributed by atoms with van der Waals surface area (Å²) in [6.07, 6.45) is 4.52. The minimum Gasteiger partial charge on any atom is -0.365 e. The van der Waals surface area contributed by atoms with Gasteiger partial charge in [0, 0.05) is 36.4 Å². The second kappa shape index (κ2) is 4.85. The summed E-state index contributed by atoms with van der Waals surface area (Å²) in [6.45, 7) is 11.7. The van der Waals surface area contributed by atoms with Gasteiger partial charge in [-0.1, -0.05) is 20.8 Å². The molecule has 17 heavy (non-hydrogen) atoms. The van der Waals surface area contributed by atoms with E-state index in [0.29, 0.717) is 24.0 Å². The molecule has 0 radical (unpaired) electrons. The summed E-state index contributed by atoms with van der Waals surface area (Å²) in [5, 5.41) is 0. The molecule has 1 aliphatic heterocycles. The zero-order chi connectivity index (χ0) is 12.6. The molecule has 96 valence electrons. The number of hydrogen-bond acceptors (Lipinski definition) is 1. The molecule has 0 fully saturated rings. The van der Waals surface area contributed by atoms with E-state index in [2.05, 4.69) is 56.8 Å². The van der Waals surface area contributed by atoms with Crippen molar-refractivity contribution in [1.29, 1.82) is 0 Å². The van der Waals surface area contributed by atoms with Gasteiger partial charge < -0.3 is 4.98 Å². The fourth-order valence-corrected chi connectivity index (χ4v) is 3.40. The largest absolute Gasteiger partial charge is 0.365 e. The van der Waals surface area contributed by atoms with Crippen molar-refractivity contribution in [3.05, 3.63) is 23.5 Å². The number of nitrogens with one attached hydrogen (secondary N) is 1. The molecule has 0 saturated heterocycles. The van der Waals surface area contributed by atoms with E-state index in [1.807, 2.05) is 0 Å². The molecule has 2 unspecified atom stereocenters. The molecular formula is C15H26N2. The van der Waals surface area contributed by atoms with Crippen molar-refractivity contribution in [2.24, 2.45) is 5.92 Å². The Labute approximate surface area is 105 Å². The molecule has 2 heterocycles. The molecule has 0 spiro atoms. The second-order valence-electron chi connectivity index (χ2n) is 5.91. The van der Waals surface area contributed by atoms with Crippen LogP contribution < -0.4 is 0 Å². The molecule has 0 aliphatic carbocycles. The van der Waals surface area contributed by atoms with E-state index >= 15 is 0 Å². The zero-order valence-corrected chi connectivity index (χ0v) is 11.8. The number of rotatable bonds is 3. The Balaban J connectivity index is 2.42. The highest BCUT2D eigenvalue weighted by Gasteiger charge is 2.36. The van der Waals surface area contributed by atoms with Crippen LogP contribution in [-0.2, 0) is 6.42 Å². The van der Waals surface area contributed by atoms with Gasteiger partial charge in [0.25, 0.3) is 0 Å². The molecular weight excluding hydrogens is 208 g/mol. The molecule has 2 rings (SSSR count). The van der Waals surface area contributed by atoms with E-state index < -0.39 is 0 Å². The summed E-state index contributed by atoms with van der Waals surface area (Å²) in [7, 11) is 0. The predicted octanol–water partition coefficient (Wildman–Crippen LogP) is 3.76. The van der Waals surface area contributed by atoms with Crippen LogP contribution in [0.25, 0.3) is 0 Å². The summed E-state index contributed by atoms with van der Waals surface area (Å²) in [5.41, 5.74) is 2.99. The number of nitrogens with zero attached hydrogens (tertiary/aromatic N) is 1. The molecule has 1 aliphatic rings. The Morgan fingerprint density at radius 2 is 2.06 bits per heavy atom. The third-order valence-corrected chi connectivity index (χ3v) is 4.07. The van der Waals surface area contributed by atoms with Crippen LogP contribution in [0.4, 0.5) is 0 Å². The molecule has 0 amide bonds. The van der Waals surface area contributed by atoms with Gasteiger partial charge in [-0.05, 0) is 37.8 Å². The van der Waals surface area contributed by atoms with E-state index in [1.54, 1.807) is 0 Å². The highest BCUT2D eigenvalue weighted by Crippen LogP contribution is 2.39. The van der Waals surface area contributed by atoms with Gasteiger partial charge in [-0.3, -0.25) is 4.90 Å². The predicted molar refractivity (Wildman–Crippen MR) is 73.1 cm³/mol. The van der Waals surface area contributed by atoms with Crippen LogP contribution in [0.2, 0.25) is 0 Å². The van der Waals surface area contributed by atoms with Gasteiger partial charge in [-0.25, -0.2) is 0 Å². The highest BCUT2D eigenvalue weighted by atomic mass is 15.2. The van der Waals surface area contributed by atoms with Crippen molar-refractivity contribution in [1.82, 2.24) is 9.88 Å². The van der Waals surface area contributed by atoms with Crippen LogP contribution >= 0.6 is 0 Å². The second-order valence-corrected chi connectivity index (χ2v) is 5.91. The number of aromatic nitrogens is 1. The summed E-state index contributed by atoms with van der Waals surface area (Å²) in [6, 6.07) is 4.17. The Bertz CT molecular complexity index is 365. The first kappa shape index (κ1) is 12.7. The minimum atomic E-state index is 0.579. The first-order chi connectivity index (χ1) is 8.06. The number of hydrogen-bond donors (Lipinski definition) is 1. The Kier molecular flexibility index (Phi) is 3.62. The molecule has 1 aromatic heterocycles. The number of fused-ring (bicyclic) bond motifs is 1. The van der Waals surface area contributed by atoms with Crippen molar-refractivity contribution in [3.63, 3.8) is 0 Å². The third kappa shape index (κ3) is 2.15. The van der Waals surface area contributed by atoms with Gasteiger partial charge in [0.15, 0.2) is 0 Å². The van der Waals surface area contributed by atoms with Crippen LogP contribution in [-0.4, -0.2) is 22.0 Å². The molecule has 0 bridgehead atoms.